The minimum Gasteiger partial charge on any atom is -0.394 e. The number of hydrogen-bond donors (Lipinski definition) is 3. The molecule has 1 saturated heterocycles. The fourth-order valence-corrected chi connectivity index (χ4v) is 5.20. The van der Waals surface area contributed by atoms with Crippen LogP contribution in [-0.4, -0.2) is 73.9 Å². The molecule has 0 saturated carbocycles. The molecule has 188 valence electrons. The average molecular weight is 488 g/mol. The van der Waals surface area contributed by atoms with Crippen LogP contribution in [0.1, 0.15) is 18.4 Å². The van der Waals surface area contributed by atoms with Gasteiger partial charge in [-0.25, -0.2) is 0 Å². The van der Waals surface area contributed by atoms with E-state index >= 15 is 0 Å². The van der Waals surface area contributed by atoms with Gasteiger partial charge in [-0.3, -0.25) is 14.5 Å². The summed E-state index contributed by atoms with van der Waals surface area (Å²) in [6.45, 7) is 3.88. The van der Waals surface area contributed by atoms with Crippen molar-refractivity contribution in [1.82, 2.24) is 15.5 Å². The molecule has 0 spiro atoms. The fourth-order valence-electron chi connectivity index (χ4n) is 5.20. The predicted octanol–water partition coefficient (Wildman–Crippen LogP) is 2.83. The van der Waals surface area contributed by atoms with Gasteiger partial charge in [0.1, 0.15) is 6.04 Å². The maximum absolute atomic E-state index is 12.5. The summed E-state index contributed by atoms with van der Waals surface area (Å²) < 4.78 is 5.33. The van der Waals surface area contributed by atoms with Gasteiger partial charge in [-0.1, -0.05) is 54.6 Å². The predicted molar refractivity (Wildman–Crippen MR) is 142 cm³/mol. The lowest BCUT2D eigenvalue weighted by Gasteiger charge is -2.26. The van der Waals surface area contributed by atoms with Crippen molar-refractivity contribution in [2.75, 3.05) is 46.0 Å². The van der Waals surface area contributed by atoms with Gasteiger partial charge in [0, 0.05) is 32.6 Å². The van der Waals surface area contributed by atoms with Crippen LogP contribution in [0.15, 0.2) is 54.6 Å². The van der Waals surface area contributed by atoms with Crippen molar-refractivity contribution in [3.05, 3.63) is 60.2 Å². The second-order valence-corrected chi connectivity index (χ2v) is 9.48. The third-order valence-electron chi connectivity index (χ3n) is 7.13. The molecule has 4 aromatic carbocycles. The molecule has 1 heterocycles. The maximum Gasteiger partial charge on any atom is 0.245 e. The van der Waals surface area contributed by atoms with E-state index in [0.717, 1.165) is 26.1 Å². The highest BCUT2D eigenvalue weighted by Crippen LogP contribution is 2.36. The van der Waals surface area contributed by atoms with E-state index in [2.05, 4.69) is 70.1 Å². The van der Waals surface area contributed by atoms with Crippen molar-refractivity contribution in [1.29, 1.82) is 0 Å². The highest BCUT2D eigenvalue weighted by molar-refractivity contribution is 6.23. The van der Waals surface area contributed by atoms with Crippen LogP contribution in [-0.2, 0) is 20.7 Å². The lowest BCUT2D eigenvalue weighted by Crippen LogP contribution is -2.50. The van der Waals surface area contributed by atoms with E-state index in [1.165, 1.54) is 37.9 Å². The van der Waals surface area contributed by atoms with E-state index in [0.29, 0.717) is 32.6 Å². The summed E-state index contributed by atoms with van der Waals surface area (Å²) in [5.74, 6) is -0.582. The van der Waals surface area contributed by atoms with Crippen LogP contribution in [0.2, 0.25) is 0 Å². The van der Waals surface area contributed by atoms with Crippen LogP contribution in [0.4, 0.5) is 0 Å². The van der Waals surface area contributed by atoms with Gasteiger partial charge in [-0.2, -0.15) is 0 Å². The zero-order valence-electron chi connectivity index (χ0n) is 20.5. The summed E-state index contributed by atoms with van der Waals surface area (Å²) in [5, 5.41) is 22.6. The molecule has 5 rings (SSSR count). The van der Waals surface area contributed by atoms with E-state index in [1.807, 2.05) is 0 Å². The van der Waals surface area contributed by atoms with E-state index in [1.54, 1.807) is 0 Å². The molecule has 3 N–H and O–H groups in total. The number of carbonyl (C=O) groups excluding carboxylic acids is 2. The number of carbonyl (C=O) groups is 2. The van der Waals surface area contributed by atoms with Crippen LogP contribution in [0.5, 0.6) is 0 Å². The maximum atomic E-state index is 12.5. The topological polar surface area (TPSA) is 90.9 Å². The first-order valence-electron chi connectivity index (χ1n) is 12.8. The molecule has 1 aliphatic heterocycles. The number of morpholine rings is 1. The number of nitrogens with one attached hydrogen (secondary N) is 2. The average Bonchev–Trinajstić information content (AvgIpc) is 2.91. The summed E-state index contributed by atoms with van der Waals surface area (Å²) in [6.07, 6.45) is 1.71. The van der Waals surface area contributed by atoms with Crippen molar-refractivity contribution in [2.45, 2.75) is 25.3 Å². The first-order valence-corrected chi connectivity index (χ1v) is 12.8. The fraction of sp³-hybridized carbons (Fsp3) is 0.379. The molecule has 1 aliphatic rings. The van der Waals surface area contributed by atoms with Crippen molar-refractivity contribution in [3.8, 4) is 0 Å². The molecule has 0 unspecified atom stereocenters. The minimum atomic E-state index is -0.934. The second-order valence-electron chi connectivity index (χ2n) is 9.48. The Bertz CT molecular complexity index is 1330. The van der Waals surface area contributed by atoms with Crippen LogP contribution >= 0.6 is 0 Å². The van der Waals surface area contributed by atoms with Gasteiger partial charge < -0.3 is 20.5 Å². The van der Waals surface area contributed by atoms with Crippen molar-refractivity contribution >= 4 is 44.1 Å². The quantitative estimate of drug-likeness (QED) is 0.299. The number of ether oxygens (including phenoxy) is 1. The number of aliphatic hydroxyl groups is 1. The molecule has 7 nitrogen and oxygen atoms in total. The van der Waals surface area contributed by atoms with Gasteiger partial charge in [0.25, 0.3) is 0 Å². The summed E-state index contributed by atoms with van der Waals surface area (Å²) in [6, 6.07) is 18.5. The number of aryl methyl sites for hydroxylation is 1. The Hall–Kier alpha value is -3.26. The van der Waals surface area contributed by atoms with E-state index in [-0.39, 0.29) is 11.8 Å². The first-order chi connectivity index (χ1) is 17.6. The van der Waals surface area contributed by atoms with Crippen LogP contribution in [0.25, 0.3) is 32.3 Å². The van der Waals surface area contributed by atoms with Crippen molar-refractivity contribution < 1.29 is 19.4 Å². The Morgan fingerprint density at radius 3 is 2.39 bits per heavy atom. The van der Waals surface area contributed by atoms with E-state index in [9.17, 15) is 14.7 Å². The highest BCUT2D eigenvalue weighted by Gasteiger charge is 2.20. The number of nitrogens with zero attached hydrogens (tertiary/aromatic N) is 1. The first kappa shape index (κ1) is 24.4. The Kier molecular flexibility index (Phi) is 7.60. The van der Waals surface area contributed by atoms with Gasteiger partial charge in [-0.05, 0) is 50.7 Å². The number of amides is 2. The monoisotopic (exact) mass is 487 g/mol. The Morgan fingerprint density at radius 2 is 1.64 bits per heavy atom. The molecule has 4 aromatic rings. The van der Waals surface area contributed by atoms with Crippen LogP contribution in [0.3, 0.4) is 0 Å². The van der Waals surface area contributed by atoms with Crippen molar-refractivity contribution in [2.24, 2.45) is 0 Å². The van der Waals surface area contributed by atoms with Gasteiger partial charge in [0.05, 0.1) is 19.8 Å². The molecule has 1 atom stereocenters. The smallest absolute Gasteiger partial charge is 0.245 e. The number of hydrogen-bond acceptors (Lipinski definition) is 5. The second kappa shape index (κ2) is 11.2. The minimum absolute atomic E-state index is 0.227. The summed E-state index contributed by atoms with van der Waals surface area (Å²) in [4.78, 5) is 27.2. The molecule has 0 aliphatic carbocycles. The Labute approximate surface area is 210 Å². The number of benzene rings is 4. The summed E-state index contributed by atoms with van der Waals surface area (Å²) in [5.41, 5.74) is 1.22. The summed E-state index contributed by atoms with van der Waals surface area (Å²) >= 11 is 0. The molecule has 2 amide bonds. The summed E-state index contributed by atoms with van der Waals surface area (Å²) in [7, 11) is 0. The zero-order valence-corrected chi connectivity index (χ0v) is 20.5. The van der Waals surface area contributed by atoms with E-state index in [4.69, 9.17) is 4.74 Å². The molecule has 7 heteroatoms. The third-order valence-corrected chi connectivity index (χ3v) is 7.13. The molecule has 1 fully saturated rings. The lowest BCUT2D eigenvalue weighted by atomic mass is 9.90. The molecule has 0 bridgehead atoms. The molecule has 0 radical (unpaired) electrons. The largest absolute Gasteiger partial charge is 0.394 e. The molecular formula is C29H33N3O4. The normalized spacial score (nSPS) is 15.5. The zero-order chi connectivity index (χ0) is 24.9. The van der Waals surface area contributed by atoms with Gasteiger partial charge in [-0.15, -0.1) is 0 Å². The Balaban J connectivity index is 1.15. The van der Waals surface area contributed by atoms with Gasteiger partial charge in [0.15, 0.2) is 0 Å². The van der Waals surface area contributed by atoms with Gasteiger partial charge >= 0.3 is 0 Å². The third kappa shape index (κ3) is 5.28. The van der Waals surface area contributed by atoms with Crippen LogP contribution < -0.4 is 10.6 Å². The molecular weight excluding hydrogens is 454 g/mol. The Morgan fingerprint density at radius 1 is 0.944 bits per heavy atom. The molecule has 36 heavy (non-hydrogen) atoms. The highest BCUT2D eigenvalue weighted by atomic mass is 16.5. The number of rotatable bonds is 10. The molecule has 0 aromatic heterocycles. The van der Waals surface area contributed by atoms with E-state index < -0.39 is 12.6 Å². The van der Waals surface area contributed by atoms with Crippen LogP contribution in [0, 0.1) is 0 Å². The van der Waals surface area contributed by atoms with Gasteiger partial charge in [0.2, 0.25) is 11.8 Å². The standard InChI is InChI=1S/C29H33N3O4/c33-19-25(29(35)30-13-14-32-15-17-36-18-16-32)31-26(34)6-2-3-20-7-8-23-10-9-21-4-1-5-22-11-12-24(20)28(23)27(21)22/h1,4-5,7-12,25,33H,2-3,6,13-19H2,(H,30,35)(H,31,34)/t25-/m0/s1. The number of aliphatic hydroxyl groups excluding tert-OH is 1. The van der Waals surface area contributed by atoms with Crippen molar-refractivity contribution in [3.63, 3.8) is 0 Å². The SMILES string of the molecule is O=C(CCCc1ccc2ccc3cccc4ccc1c2c34)N[C@@H](CO)C(=O)NCCN1CCOCC1. The lowest BCUT2D eigenvalue weighted by molar-refractivity contribution is -0.130.